The lowest BCUT2D eigenvalue weighted by atomic mass is 9.93. The summed E-state index contributed by atoms with van der Waals surface area (Å²) in [5.74, 6) is 1.63. The van der Waals surface area contributed by atoms with E-state index in [0.717, 1.165) is 37.3 Å². The summed E-state index contributed by atoms with van der Waals surface area (Å²) < 4.78 is 5.50. The first kappa shape index (κ1) is 11.6. The normalized spacial score (nSPS) is 25.9. The molecule has 1 aromatic heterocycles. The average molecular weight is 224 g/mol. The Morgan fingerprint density at radius 1 is 1.50 bits per heavy atom. The van der Waals surface area contributed by atoms with Gasteiger partial charge in [0.2, 0.25) is 5.89 Å². The van der Waals surface area contributed by atoms with Crippen molar-refractivity contribution in [1.82, 2.24) is 10.3 Å². The number of oxazole rings is 1. The third-order valence-electron chi connectivity index (χ3n) is 3.19. The number of rotatable bonds is 4. The molecule has 2 atom stereocenters. The van der Waals surface area contributed by atoms with E-state index in [-0.39, 0.29) is 12.1 Å². The Hall–Kier alpha value is -0.870. The topological polar surface area (TPSA) is 58.3 Å². The molecule has 16 heavy (non-hydrogen) atoms. The lowest BCUT2D eigenvalue weighted by molar-refractivity contribution is 0.0890. The van der Waals surface area contributed by atoms with Crippen LogP contribution < -0.4 is 5.32 Å². The minimum absolute atomic E-state index is 0.200. The number of aliphatic hydroxyl groups excluding tert-OH is 1. The van der Waals surface area contributed by atoms with Gasteiger partial charge in [-0.05, 0) is 12.8 Å². The average Bonchev–Trinajstić information content (AvgIpc) is 2.76. The Morgan fingerprint density at radius 3 is 3.00 bits per heavy atom. The molecule has 4 nitrogen and oxygen atoms in total. The van der Waals surface area contributed by atoms with Crippen LogP contribution in [0.3, 0.4) is 0 Å². The molecule has 0 unspecified atom stereocenters. The molecular formula is C12H20N2O2. The van der Waals surface area contributed by atoms with Gasteiger partial charge in [-0.2, -0.15) is 0 Å². The first-order valence-corrected chi connectivity index (χ1v) is 6.14. The van der Waals surface area contributed by atoms with Crippen LogP contribution in [0.2, 0.25) is 0 Å². The summed E-state index contributed by atoms with van der Waals surface area (Å²) >= 11 is 0. The van der Waals surface area contributed by atoms with Crippen molar-refractivity contribution in [3.8, 4) is 0 Å². The Bertz CT molecular complexity index is 325. The molecule has 1 aliphatic carbocycles. The minimum atomic E-state index is -0.214. The maximum atomic E-state index is 9.78. The van der Waals surface area contributed by atoms with Crippen LogP contribution >= 0.6 is 0 Å². The summed E-state index contributed by atoms with van der Waals surface area (Å²) in [6.07, 6.45) is 6.72. The maximum absolute atomic E-state index is 9.78. The van der Waals surface area contributed by atoms with Gasteiger partial charge in [0.15, 0.2) is 0 Å². The van der Waals surface area contributed by atoms with Crippen molar-refractivity contribution in [3.63, 3.8) is 0 Å². The summed E-state index contributed by atoms with van der Waals surface area (Å²) in [5.41, 5.74) is 0. The largest absolute Gasteiger partial charge is 0.444 e. The predicted molar refractivity (Wildman–Crippen MR) is 61.0 cm³/mol. The second-order valence-corrected chi connectivity index (χ2v) is 4.41. The van der Waals surface area contributed by atoms with Crippen LogP contribution in [0.25, 0.3) is 0 Å². The number of hydrogen-bond acceptors (Lipinski definition) is 4. The van der Waals surface area contributed by atoms with E-state index in [2.05, 4.69) is 10.3 Å². The Kier molecular flexibility index (Phi) is 3.96. The number of nitrogens with zero attached hydrogens (tertiary/aromatic N) is 1. The van der Waals surface area contributed by atoms with E-state index in [4.69, 9.17) is 4.42 Å². The molecule has 1 heterocycles. The van der Waals surface area contributed by atoms with Crippen molar-refractivity contribution in [2.75, 3.05) is 0 Å². The predicted octanol–water partition coefficient (Wildman–Crippen LogP) is 1.63. The lowest BCUT2D eigenvalue weighted by Gasteiger charge is -2.27. The highest BCUT2D eigenvalue weighted by atomic mass is 16.4. The quantitative estimate of drug-likeness (QED) is 0.816. The molecule has 1 aliphatic rings. The highest BCUT2D eigenvalue weighted by Crippen LogP contribution is 2.18. The van der Waals surface area contributed by atoms with Crippen LogP contribution in [0.15, 0.2) is 10.6 Å². The summed E-state index contributed by atoms with van der Waals surface area (Å²) in [5, 5.41) is 13.1. The zero-order valence-electron chi connectivity index (χ0n) is 9.78. The van der Waals surface area contributed by atoms with E-state index >= 15 is 0 Å². The van der Waals surface area contributed by atoms with Crippen molar-refractivity contribution >= 4 is 0 Å². The van der Waals surface area contributed by atoms with Crippen molar-refractivity contribution in [2.45, 2.75) is 57.7 Å². The molecule has 0 spiro atoms. The van der Waals surface area contributed by atoms with Crippen LogP contribution in [0.1, 0.15) is 44.3 Å². The molecule has 2 N–H and O–H groups in total. The molecule has 2 rings (SSSR count). The van der Waals surface area contributed by atoms with Gasteiger partial charge >= 0.3 is 0 Å². The fourth-order valence-corrected chi connectivity index (χ4v) is 2.16. The molecule has 0 saturated heterocycles. The number of nitrogens with one attached hydrogen (secondary N) is 1. The van der Waals surface area contributed by atoms with E-state index in [9.17, 15) is 5.11 Å². The van der Waals surface area contributed by atoms with Gasteiger partial charge in [-0.3, -0.25) is 0 Å². The van der Waals surface area contributed by atoms with Crippen LogP contribution in [-0.4, -0.2) is 22.2 Å². The summed E-state index contributed by atoms with van der Waals surface area (Å²) in [4.78, 5) is 4.19. The monoisotopic (exact) mass is 224 g/mol. The van der Waals surface area contributed by atoms with Crippen molar-refractivity contribution in [3.05, 3.63) is 17.8 Å². The van der Waals surface area contributed by atoms with Gasteiger partial charge in [0.05, 0.1) is 18.8 Å². The zero-order chi connectivity index (χ0) is 11.4. The van der Waals surface area contributed by atoms with Gasteiger partial charge in [0.25, 0.3) is 0 Å². The standard InChI is InChI=1S/C12H20N2O2/c1-2-9-7-14-12(16-9)8-13-10-5-3-4-6-11(10)15/h7,10-11,13,15H,2-6,8H2,1H3/t10-,11-/m0/s1. The SMILES string of the molecule is CCc1cnc(CN[C@H]2CCCC[C@@H]2O)o1. The summed E-state index contributed by atoms with van der Waals surface area (Å²) in [6, 6.07) is 0.200. The Labute approximate surface area is 96.1 Å². The Morgan fingerprint density at radius 2 is 2.31 bits per heavy atom. The summed E-state index contributed by atoms with van der Waals surface area (Å²) in [6.45, 7) is 2.66. The second kappa shape index (κ2) is 5.46. The van der Waals surface area contributed by atoms with Gasteiger partial charge in [-0.25, -0.2) is 4.98 Å². The number of aliphatic hydroxyl groups is 1. The lowest BCUT2D eigenvalue weighted by Crippen LogP contribution is -2.41. The first-order chi connectivity index (χ1) is 7.79. The van der Waals surface area contributed by atoms with Crippen molar-refractivity contribution in [2.24, 2.45) is 0 Å². The molecule has 1 saturated carbocycles. The van der Waals surface area contributed by atoms with Crippen LogP contribution in [0.4, 0.5) is 0 Å². The van der Waals surface area contributed by atoms with Crippen LogP contribution in [0.5, 0.6) is 0 Å². The molecule has 1 fully saturated rings. The second-order valence-electron chi connectivity index (χ2n) is 4.41. The molecule has 0 bridgehead atoms. The van der Waals surface area contributed by atoms with Crippen molar-refractivity contribution in [1.29, 1.82) is 0 Å². The minimum Gasteiger partial charge on any atom is -0.444 e. The first-order valence-electron chi connectivity index (χ1n) is 6.14. The highest BCUT2D eigenvalue weighted by Gasteiger charge is 2.22. The Balaban J connectivity index is 1.81. The molecule has 0 radical (unpaired) electrons. The molecule has 4 heteroatoms. The van der Waals surface area contributed by atoms with Gasteiger partial charge in [-0.1, -0.05) is 19.8 Å². The molecule has 90 valence electrons. The van der Waals surface area contributed by atoms with E-state index in [1.54, 1.807) is 6.20 Å². The number of hydrogen-bond donors (Lipinski definition) is 2. The third kappa shape index (κ3) is 2.83. The van der Waals surface area contributed by atoms with E-state index in [0.29, 0.717) is 6.54 Å². The molecule has 0 aromatic carbocycles. The maximum Gasteiger partial charge on any atom is 0.208 e. The van der Waals surface area contributed by atoms with Crippen molar-refractivity contribution < 1.29 is 9.52 Å². The highest BCUT2D eigenvalue weighted by molar-refractivity contribution is 4.94. The third-order valence-corrected chi connectivity index (χ3v) is 3.19. The number of aromatic nitrogens is 1. The van der Waals surface area contributed by atoms with E-state index < -0.39 is 0 Å². The fraction of sp³-hybridized carbons (Fsp3) is 0.750. The summed E-state index contributed by atoms with van der Waals surface area (Å²) in [7, 11) is 0. The van der Waals surface area contributed by atoms with E-state index in [1.807, 2.05) is 6.92 Å². The molecular weight excluding hydrogens is 204 g/mol. The van der Waals surface area contributed by atoms with Gasteiger partial charge < -0.3 is 14.8 Å². The van der Waals surface area contributed by atoms with E-state index in [1.165, 1.54) is 6.42 Å². The number of aryl methyl sites for hydroxylation is 1. The molecule has 0 amide bonds. The smallest absolute Gasteiger partial charge is 0.208 e. The zero-order valence-corrected chi connectivity index (χ0v) is 9.78. The van der Waals surface area contributed by atoms with Gasteiger partial charge in [0, 0.05) is 12.5 Å². The molecule has 0 aliphatic heterocycles. The van der Waals surface area contributed by atoms with Crippen LogP contribution in [0, 0.1) is 0 Å². The van der Waals surface area contributed by atoms with Gasteiger partial charge in [-0.15, -0.1) is 0 Å². The van der Waals surface area contributed by atoms with Gasteiger partial charge in [0.1, 0.15) is 5.76 Å². The molecule has 1 aromatic rings. The fourth-order valence-electron chi connectivity index (χ4n) is 2.16. The van der Waals surface area contributed by atoms with Crippen LogP contribution in [-0.2, 0) is 13.0 Å².